The van der Waals surface area contributed by atoms with E-state index < -0.39 is 19.2 Å². The molecule has 6 heteroatoms. The van der Waals surface area contributed by atoms with E-state index in [1.54, 1.807) is 6.07 Å². The van der Waals surface area contributed by atoms with Crippen molar-refractivity contribution >= 4 is 11.6 Å². The van der Waals surface area contributed by atoms with E-state index in [4.69, 9.17) is 21.6 Å². The monoisotopic (exact) mass is 249 g/mol. The van der Waals surface area contributed by atoms with Crippen LogP contribution in [0.4, 0.5) is 13.2 Å². The maximum atomic E-state index is 11.8. The molecular weight excluding hydrogens is 243 g/mol. The average Bonchev–Trinajstić information content (AvgIpc) is 2.16. The van der Waals surface area contributed by atoms with Gasteiger partial charge in [0.05, 0.1) is 18.1 Å². The zero-order valence-corrected chi connectivity index (χ0v) is 8.77. The molecule has 16 heavy (non-hydrogen) atoms. The van der Waals surface area contributed by atoms with Crippen molar-refractivity contribution in [3.63, 3.8) is 0 Å². The summed E-state index contributed by atoms with van der Waals surface area (Å²) in [4.78, 5) is 0. The third-order valence-electron chi connectivity index (χ3n) is 1.73. The SMILES string of the molecule is N#Cc1c(Cl)cccc1OCCC(F)(F)F. The highest BCUT2D eigenvalue weighted by Crippen LogP contribution is 2.26. The molecular formula is C10H7ClF3NO. The predicted molar refractivity (Wildman–Crippen MR) is 52.3 cm³/mol. The number of halogens is 4. The molecule has 0 unspecified atom stereocenters. The van der Waals surface area contributed by atoms with E-state index in [2.05, 4.69) is 0 Å². The number of ether oxygens (including phenoxy) is 1. The zero-order valence-electron chi connectivity index (χ0n) is 8.01. The standard InChI is InChI=1S/C10H7ClF3NO/c11-8-2-1-3-9(7(8)6-15)16-5-4-10(12,13)14/h1-3H,4-5H2. The van der Waals surface area contributed by atoms with Crippen molar-refractivity contribution in [2.45, 2.75) is 12.6 Å². The molecule has 0 aliphatic heterocycles. The smallest absolute Gasteiger partial charge is 0.392 e. The Morgan fingerprint density at radius 3 is 2.62 bits per heavy atom. The van der Waals surface area contributed by atoms with Crippen LogP contribution >= 0.6 is 11.6 Å². The van der Waals surface area contributed by atoms with Gasteiger partial charge < -0.3 is 4.74 Å². The fourth-order valence-electron chi connectivity index (χ4n) is 1.01. The Kier molecular flexibility index (Phi) is 4.02. The Bertz CT molecular complexity index is 412. The van der Waals surface area contributed by atoms with Crippen LogP contribution in [0, 0.1) is 11.3 Å². The molecule has 0 N–H and O–H groups in total. The maximum absolute atomic E-state index is 11.8. The molecule has 2 nitrogen and oxygen atoms in total. The van der Waals surface area contributed by atoms with E-state index in [1.165, 1.54) is 18.2 Å². The molecule has 1 aromatic carbocycles. The first-order valence-corrected chi connectivity index (χ1v) is 4.70. The number of benzene rings is 1. The summed E-state index contributed by atoms with van der Waals surface area (Å²) >= 11 is 5.67. The highest BCUT2D eigenvalue weighted by molar-refractivity contribution is 6.31. The van der Waals surface area contributed by atoms with Crippen LogP contribution in [-0.2, 0) is 0 Å². The van der Waals surface area contributed by atoms with Gasteiger partial charge in [-0.3, -0.25) is 0 Å². The highest BCUT2D eigenvalue weighted by atomic mass is 35.5. The Morgan fingerprint density at radius 2 is 2.06 bits per heavy atom. The van der Waals surface area contributed by atoms with Gasteiger partial charge in [0.25, 0.3) is 0 Å². The second-order valence-corrected chi connectivity index (χ2v) is 3.35. The van der Waals surface area contributed by atoms with E-state index in [0.717, 1.165) is 0 Å². The van der Waals surface area contributed by atoms with Gasteiger partial charge >= 0.3 is 6.18 Å². The van der Waals surface area contributed by atoms with Gasteiger partial charge in [-0.05, 0) is 12.1 Å². The molecule has 0 saturated heterocycles. The molecule has 0 aromatic heterocycles. The van der Waals surface area contributed by atoms with Crippen molar-refractivity contribution in [2.24, 2.45) is 0 Å². The van der Waals surface area contributed by atoms with Gasteiger partial charge in [-0.1, -0.05) is 17.7 Å². The van der Waals surface area contributed by atoms with E-state index in [0.29, 0.717) is 0 Å². The summed E-state index contributed by atoms with van der Waals surface area (Å²) in [5.41, 5.74) is 0.0475. The minimum Gasteiger partial charge on any atom is -0.492 e. The molecule has 86 valence electrons. The lowest BCUT2D eigenvalue weighted by atomic mass is 10.2. The lowest BCUT2D eigenvalue weighted by Gasteiger charge is -2.10. The lowest BCUT2D eigenvalue weighted by molar-refractivity contribution is -0.139. The van der Waals surface area contributed by atoms with Crippen molar-refractivity contribution in [1.29, 1.82) is 5.26 Å². The number of alkyl halides is 3. The molecule has 0 amide bonds. The summed E-state index contributed by atoms with van der Waals surface area (Å²) in [6, 6.07) is 6.15. The van der Waals surface area contributed by atoms with Crippen molar-refractivity contribution in [2.75, 3.05) is 6.61 Å². The molecule has 1 aromatic rings. The summed E-state index contributed by atoms with van der Waals surface area (Å²) in [6.45, 7) is -0.529. The first-order chi connectivity index (χ1) is 7.44. The van der Waals surface area contributed by atoms with E-state index >= 15 is 0 Å². The second kappa shape index (κ2) is 5.08. The molecule has 0 heterocycles. The Balaban J connectivity index is 2.68. The molecule has 0 spiro atoms. The Morgan fingerprint density at radius 1 is 1.38 bits per heavy atom. The predicted octanol–water partition coefficient (Wildman–Crippen LogP) is 3.54. The number of rotatable bonds is 3. The number of nitriles is 1. The second-order valence-electron chi connectivity index (χ2n) is 2.94. The van der Waals surface area contributed by atoms with Crippen LogP contribution in [0.3, 0.4) is 0 Å². The fourth-order valence-corrected chi connectivity index (χ4v) is 1.22. The van der Waals surface area contributed by atoms with Gasteiger partial charge in [0.15, 0.2) is 0 Å². The van der Waals surface area contributed by atoms with Crippen LogP contribution in [0.5, 0.6) is 5.75 Å². The van der Waals surface area contributed by atoms with E-state index in [1.807, 2.05) is 0 Å². The molecule has 0 saturated carbocycles. The zero-order chi connectivity index (χ0) is 12.2. The van der Waals surface area contributed by atoms with Gasteiger partial charge in [0.2, 0.25) is 0 Å². The first-order valence-electron chi connectivity index (χ1n) is 4.32. The van der Waals surface area contributed by atoms with Gasteiger partial charge in [-0.25, -0.2) is 0 Å². The van der Waals surface area contributed by atoms with Crippen LogP contribution in [0.2, 0.25) is 5.02 Å². The van der Waals surface area contributed by atoms with Crippen molar-refractivity contribution < 1.29 is 17.9 Å². The minimum atomic E-state index is -4.27. The highest BCUT2D eigenvalue weighted by Gasteiger charge is 2.27. The maximum Gasteiger partial charge on any atom is 0.392 e. The quantitative estimate of drug-likeness (QED) is 0.821. The van der Waals surface area contributed by atoms with Crippen molar-refractivity contribution in [3.8, 4) is 11.8 Å². The third kappa shape index (κ3) is 3.63. The van der Waals surface area contributed by atoms with Gasteiger partial charge in [-0.2, -0.15) is 18.4 Å². The van der Waals surface area contributed by atoms with Crippen LogP contribution in [0.25, 0.3) is 0 Å². The van der Waals surface area contributed by atoms with Gasteiger partial charge in [0, 0.05) is 0 Å². The van der Waals surface area contributed by atoms with Crippen LogP contribution < -0.4 is 4.74 Å². The third-order valence-corrected chi connectivity index (χ3v) is 2.05. The van der Waals surface area contributed by atoms with Crippen LogP contribution in [-0.4, -0.2) is 12.8 Å². The number of nitrogens with zero attached hydrogens (tertiary/aromatic N) is 1. The Labute approximate surface area is 95.2 Å². The molecule has 0 fully saturated rings. The van der Waals surface area contributed by atoms with Gasteiger partial charge in [0.1, 0.15) is 17.4 Å². The fraction of sp³-hybridized carbons (Fsp3) is 0.300. The topological polar surface area (TPSA) is 33.0 Å². The van der Waals surface area contributed by atoms with Crippen molar-refractivity contribution in [3.05, 3.63) is 28.8 Å². The lowest BCUT2D eigenvalue weighted by Crippen LogP contribution is -2.13. The van der Waals surface area contributed by atoms with E-state index in [9.17, 15) is 13.2 Å². The molecule has 1 rings (SSSR count). The molecule has 0 radical (unpaired) electrons. The summed E-state index contributed by atoms with van der Waals surface area (Å²) in [5.74, 6) is 0.0687. The number of hydrogen-bond acceptors (Lipinski definition) is 2. The van der Waals surface area contributed by atoms with E-state index in [-0.39, 0.29) is 16.3 Å². The molecule has 0 aliphatic rings. The van der Waals surface area contributed by atoms with Crippen LogP contribution in [0.15, 0.2) is 18.2 Å². The molecule has 0 aliphatic carbocycles. The summed E-state index contributed by atoms with van der Waals surface area (Å²) in [5, 5.41) is 8.88. The summed E-state index contributed by atoms with van der Waals surface area (Å²) < 4.78 is 40.4. The van der Waals surface area contributed by atoms with Gasteiger partial charge in [-0.15, -0.1) is 0 Å². The molecule has 0 atom stereocenters. The Hall–Kier alpha value is -1.41. The number of hydrogen-bond donors (Lipinski definition) is 0. The summed E-state index contributed by atoms with van der Waals surface area (Å²) in [6.07, 6.45) is -5.34. The average molecular weight is 250 g/mol. The minimum absolute atomic E-state index is 0.0475. The largest absolute Gasteiger partial charge is 0.492 e. The van der Waals surface area contributed by atoms with Crippen LogP contribution in [0.1, 0.15) is 12.0 Å². The van der Waals surface area contributed by atoms with Crippen molar-refractivity contribution in [1.82, 2.24) is 0 Å². The molecule has 0 bridgehead atoms. The first kappa shape index (κ1) is 12.7. The summed E-state index contributed by atoms with van der Waals surface area (Å²) in [7, 11) is 0. The normalized spacial score (nSPS) is 10.9.